The van der Waals surface area contributed by atoms with E-state index in [-0.39, 0.29) is 0 Å². The van der Waals surface area contributed by atoms with Crippen molar-refractivity contribution in [1.82, 2.24) is 14.9 Å². The summed E-state index contributed by atoms with van der Waals surface area (Å²) in [4.78, 5) is 11.9. The first kappa shape index (κ1) is 15.0. The summed E-state index contributed by atoms with van der Waals surface area (Å²) < 4.78 is 0. The van der Waals surface area contributed by atoms with E-state index in [2.05, 4.69) is 53.2 Å². The van der Waals surface area contributed by atoms with Crippen molar-refractivity contribution in [2.45, 2.75) is 26.4 Å². The maximum atomic E-state index is 4.85. The van der Waals surface area contributed by atoms with Crippen LogP contribution in [-0.2, 0) is 19.5 Å². The minimum absolute atomic E-state index is 0.826. The molecule has 0 aliphatic carbocycles. The van der Waals surface area contributed by atoms with E-state index >= 15 is 0 Å². The molecule has 0 amide bonds. The van der Waals surface area contributed by atoms with Gasteiger partial charge in [-0.3, -0.25) is 4.90 Å². The van der Waals surface area contributed by atoms with Crippen LogP contribution in [0.5, 0.6) is 0 Å². The van der Waals surface area contributed by atoms with Gasteiger partial charge in [0.2, 0.25) is 0 Å². The van der Waals surface area contributed by atoms with Gasteiger partial charge in [-0.1, -0.05) is 54.6 Å². The summed E-state index contributed by atoms with van der Waals surface area (Å²) >= 11 is 0. The highest BCUT2D eigenvalue weighted by molar-refractivity contribution is 5.54. The Morgan fingerprint density at radius 1 is 1.00 bits per heavy atom. The van der Waals surface area contributed by atoms with Gasteiger partial charge >= 0.3 is 0 Å². The second-order valence-corrected chi connectivity index (χ2v) is 6.42. The minimum atomic E-state index is 0.826. The Labute approximate surface area is 143 Å². The normalized spacial score (nSPS) is 14.4. The summed E-state index contributed by atoms with van der Waals surface area (Å²) in [7, 11) is 0. The number of fused-ring (bicyclic) bond motifs is 1. The lowest BCUT2D eigenvalue weighted by Crippen LogP contribution is -2.31. The zero-order chi connectivity index (χ0) is 16.4. The molecular weight excluding hydrogens is 294 g/mol. The monoisotopic (exact) mass is 315 g/mol. The van der Waals surface area contributed by atoms with Crippen LogP contribution in [0.2, 0.25) is 0 Å². The number of nitrogens with zero attached hydrogens (tertiary/aromatic N) is 3. The average Bonchev–Trinajstić information content (AvgIpc) is 2.64. The first-order chi connectivity index (χ1) is 11.8. The fraction of sp³-hybridized carbons (Fsp3) is 0.238. The van der Waals surface area contributed by atoms with Crippen molar-refractivity contribution in [2.24, 2.45) is 0 Å². The Morgan fingerprint density at radius 2 is 1.79 bits per heavy atom. The number of benzene rings is 2. The maximum Gasteiger partial charge on any atom is 0.159 e. The highest BCUT2D eigenvalue weighted by Crippen LogP contribution is 2.22. The van der Waals surface area contributed by atoms with Crippen LogP contribution < -0.4 is 0 Å². The number of hydrogen-bond donors (Lipinski definition) is 0. The van der Waals surface area contributed by atoms with E-state index in [1.54, 1.807) is 0 Å². The predicted molar refractivity (Wildman–Crippen MR) is 96.5 cm³/mol. The summed E-state index contributed by atoms with van der Waals surface area (Å²) in [6.07, 6.45) is 3.03. The first-order valence-corrected chi connectivity index (χ1v) is 8.47. The fourth-order valence-corrected chi connectivity index (χ4v) is 3.25. The summed E-state index contributed by atoms with van der Waals surface area (Å²) in [5.41, 5.74) is 6.30. The second-order valence-electron chi connectivity index (χ2n) is 6.42. The lowest BCUT2D eigenvalue weighted by Gasteiger charge is -2.28. The number of aromatic nitrogens is 2. The van der Waals surface area contributed by atoms with E-state index in [4.69, 9.17) is 4.98 Å². The summed E-state index contributed by atoms with van der Waals surface area (Å²) in [6, 6.07) is 18.8. The van der Waals surface area contributed by atoms with Gasteiger partial charge in [0.1, 0.15) is 0 Å². The molecule has 0 bridgehead atoms. The average molecular weight is 315 g/mol. The zero-order valence-electron chi connectivity index (χ0n) is 13.9. The van der Waals surface area contributed by atoms with Crippen LogP contribution in [0.4, 0.5) is 0 Å². The lowest BCUT2D eigenvalue weighted by atomic mass is 10.0. The van der Waals surface area contributed by atoms with Crippen LogP contribution in [0.1, 0.15) is 22.4 Å². The van der Waals surface area contributed by atoms with E-state index < -0.39 is 0 Å². The summed E-state index contributed by atoms with van der Waals surface area (Å²) in [5, 5.41) is 0. The van der Waals surface area contributed by atoms with Crippen molar-refractivity contribution in [3.63, 3.8) is 0 Å². The molecule has 24 heavy (non-hydrogen) atoms. The van der Waals surface area contributed by atoms with Crippen LogP contribution in [0.3, 0.4) is 0 Å². The molecule has 3 aromatic rings. The smallest absolute Gasteiger partial charge is 0.159 e. The van der Waals surface area contributed by atoms with Crippen LogP contribution >= 0.6 is 0 Å². The predicted octanol–water partition coefficient (Wildman–Crippen LogP) is 4.01. The molecule has 3 heteroatoms. The molecule has 0 N–H and O–H groups in total. The van der Waals surface area contributed by atoms with Crippen molar-refractivity contribution >= 4 is 0 Å². The first-order valence-electron chi connectivity index (χ1n) is 8.47. The van der Waals surface area contributed by atoms with Crippen LogP contribution in [0.25, 0.3) is 11.4 Å². The molecule has 1 aromatic heterocycles. The third kappa shape index (κ3) is 3.08. The summed E-state index contributed by atoms with van der Waals surface area (Å²) in [6.45, 7) is 5.13. The molecule has 0 spiro atoms. The van der Waals surface area contributed by atoms with Crippen molar-refractivity contribution in [3.05, 3.63) is 83.2 Å². The van der Waals surface area contributed by atoms with Crippen LogP contribution in [0.15, 0.2) is 60.8 Å². The quantitative estimate of drug-likeness (QED) is 0.731. The lowest BCUT2D eigenvalue weighted by molar-refractivity contribution is 0.241. The highest BCUT2D eigenvalue weighted by atomic mass is 15.1. The van der Waals surface area contributed by atoms with E-state index in [9.17, 15) is 0 Å². The van der Waals surface area contributed by atoms with E-state index in [0.29, 0.717) is 0 Å². The number of rotatable bonds is 3. The number of hydrogen-bond acceptors (Lipinski definition) is 3. The Kier molecular flexibility index (Phi) is 4.09. The van der Waals surface area contributed by atoms with Gasteiger partial charge in [-0.15, -0.1) is 0 Å². The molecule has 0 fully saturated rings. The molecule has 1 aliphatic heterocycles. The van der Waals surface area contributed by atoms with Gasteiger partial charge in [0.25, 0.3) is 0 Å². The Bertz CT molecular complexity index is 843. The van der Waals surface area contributed by atoms with Gasteiger partial charge in [-0.05, 0) is 30.0 Å². The topological polar surface area (TPSA) is 29.0 Å². The van der Waals surface area contributed by atoms with Gasteiger partial charge in [0, 0.05) is 31.4 Å². The Morgan fingerprint density at radius 3 is 2.62 bits per heavy atom. The Balaban J connectivity index is 1.57. The molecule has 0 saturated heterocycles. The van der Waals surface area contributed by atoms with Crippen molar-refractivity contribution < 1.29 is 0 Å². The summed E-state index contributed by atoms with van der Waals surface area (Å²) in [5.74, 6) is 0.826. The van der Waals surface area contributed by atoms with E-state index in [1.807, 2.05) is 24.4 Å². The van der Waals surface area contributed by atoms with Crippen molar-refractivity contribution in [2.75, 3.05) is 6.54 Å². The fourth-order valence-electron chi connectivity index (χ4n) is 3.25. The van der Waals surface area contributed by atoms with Crippen molar-refractivity contribution in [1.29, 1.82) is 0 Å². The van der Waals surface area contributed by atoms with Gasteiger partial charge in [-0.25, -0.2) is 9.97 Å². The molecule has 0 atom stereocenters. The molecule has 0 radical (unpaired) electrons. The maximum absolute atomic E-state index is 4.85. The molecule has 1 aliphatic rings. The van der Waals surface area contributed by atoms with Gasteiger partial charge in [0.05, 0.1) is 5.69 Å². The molecule has 0 unspecified atom stereocenters. The third-order valence-corrected chi connectivity index (χ3v) is 4.71. The molecule has 2 heterocycles. The van der Waals surface area contributed by atoms with Gasteiger partial charge in [0.15, 0.2) is 5.82 Å². The third-order valence-electron chi connectivity index (χ3n) is 4.71. The van der Waals surface area contributed by atoms with Crippen LogP contribution in [-0.4, -0.2) is 21.4 Å². The second kappa shape index (κ2) is 6.54. The zero-order valence-corrected chi connectivity index (χ0v) is 13.9. The van der Waals surface area contributed by atoms with Crippen molar-refractivity contribution in [3.8, 4) is 11.4 Å². The molecule has 120 valence electrons. The molecule has 3 nitrogen and oxygen atoms in total. The molecule has 4 rings (SSSR count). The van der Waals surface area contributed by atoms with E-state index in [1.165, 1.54) is 22.4 Å². The van der Waals surface area contributed by atoms with Gasteiger partial charge < -0.3 is 0 Å². The Hall–Kier alpha value is -2.52. The standard InChI is InChI=1S/C21H21N3/c1-16-7-5-6-10-19(16)14-24-12-11-18-13-22-21(23-20(18)15-24)17-8-3-2-4-9-17/h2-10,13H,11-12,14-15H2,1H3. The highest BCUT2D eigenvalue weighted by Gasteiger charge is 2.19. The largest absolute Gasteiger partial charge is 0.293 e. The molecule has 2 aromatic carbocycles. The number of aryl methyl sites for hydroxylation is 1. The van der Waals surface area contributed by atoms with Gasteiger partial charge in [-0.2, -0.15) is 0 Å². The molecule has 0 saturated carbocycles. The minimum Gasteiger partial charge on any atom is -0.293 e. The van der Waals surface area contributed by atoms with Crippen LogP contribution in [0, 0.1) is 6.92 Å². The molecular formula is C21H21N3. The van der Waals surface area contributed by atoms with E-state index in [0.717, 1.165) is 37.4 Å². The SMILES string of the molecule is Cc1ccccc1CN1CCc2cnc(-c3ccccc3)nc2C1.